The number of hydrogen-bond donors (Lipinski definition) is 3. The first-order valence-corrected chi connectivity index (χ1v) is 8.58. The monoisotopic (exact) mass is 363 g/mol. The smallest absolute Gasteiger partial charge is 0.319 e. The number of carbonyl (C=O) groups is 2. The zero-order chi connectivity index (χ0) is 19.2. The third-order valence-electron chi connectivity index (χ3n) is 4.10. The Morgan fingerprint density at radius 3 is 2.37 bits per heavy atom. The number of benzene rings is 2. The Morgan fingerprint density at radius 2 is 1.67 bits per heavy atom. The number of para-hydroxylation sites is 1. The second-order valence-electron chi connectivity index (χ2n) is 6.21. The summed E-state index contributed by atoms with van der Waals surface area (Å²) in [4.78, 5) is 24.2. The lowest BCUT2D eigenvalue weighted by Gasteiger charge is -2.13. The largest absolute Gasteiger partial charge is 0.459 e. The van der Waals surface area contributed by atoms with Gasteiger partial charge in [0.15, 0.2) is 5.76 Å². The van der Waals surface area contributed by atoms with Gasteiger partial charge in [0, 0.05) is 17.9 Å². The van der Waals surface area contributed by atoms with E-state index in [-0.39, 0.29) is 17.7 Å². The molecule has 1 aromatic heterocycles. The fraction of sp³-hybridized carbons (Fsp3) is 0.143. The van der Waals surface area contributed by atoms with Gasteiger partial charge in [0.05, 0.1) is 6.26 Å². The molecular formula is C21H21N3O3. The van der Waals surface area contributed by atoms with Gasteiger partial charge in [-0.15, -0.1) is 0 Å². The minimum Gasteiger partial charge on any atom is -0.459 e. The van der Waals surface area contributed by atoms with Crippen LogP contribution >= 0.6 is 0 Å². The van der Waals surface area contributed by atoms with Crippen LogP contribution in [0.2, 0.25) is 0 Å². The van der Waals surface area contributed by atoms with E-state index < -0.39 is 0 Å². The van der Waals surface area contributed by atoms with Crippen molar-refractivity contribution in [3.05, 3.63) is 83.3 Å². The van der Waals surface area contributed by atoms with Gasteiger partial charge in [-0.1, -0.05) is 30.3 Å². The lowest BCUT2D eigenvalue weighted by atomic mass is 10.1. The highest BCUT2D eigenvalue weighted by molar-refractivity contribution is 6.02. The van der Waals surface area contributed by atoms with Crippen LogP contribution in [0.4, 0.5) is 16.2 Å². The highest BCUT2D eigenvalue weighted by Gasteiger charge is 2.10. The number of nitrogens with one attached hydrogen (secondary N) is 3. The van der Waals surface area contributed by atoms with Gasteiger partial charge in [-0.05, 0) is 54.8 Å². The summed E-state index contributed by atoms with van der Waals surface area (Å²) in [6.07, 6.45) is 1.45. The van der Waals surface area contributed by atoms with E-state index in [1.807, 2.05) is 44.2 Å². The van der Waals surface area contributed by atoms with Crippen molar-refractivity contribution < 1.29 is 14.0 Å². The van der Waals surface area contributed by atoms with Gasteiger partial charge in [0.2, 0.25) is 0 Å². The molecule has 0 fully saturated rings. The fourth-order valence-corrected chi connectivity index (χ4v) is 2.71. The molecule has 27 heavy (non-hydrogen) atoms. The Labute approximate surface area is 157 Å². The van der Waals surface area contributed by atoms with Crippen LogP contribution in [0.3, 0.4) is 0 Å². The molecule has 0 saturated heterocycles. The summed E-state index contributed by atoms with van der Waals surface area (Å²) in [5.41, 5.74) is 4.32. The minimum absolute atomic E-state index is 0.242. The van der Waals surface area contributed by atoms with E-state index in [1.54, 1.807) is 24.3 Å². The maximum atomic E-state index is 12.2. The molecular weight excluding hydrogens is 342 g/mol. The molecule has 0 aliphatic carbocycles. The molecule has 3 rings (SSSR count). The molecule has 0 spiro atoms. The van der Waals surface area contributed by atoms with Gasteiger partial charge in [-0.2, -0.15) is 0 Å². The van der Waals surface area contributed by atoms with Crippen LogP contribution in [-0.2, 0) is 6.54 Å². The lowest BCUT2D eigenvalue weighted by molar-refractivity contribution is 0.0996. The summed E-state index contributed by atoms with van der Waals surface area (Å²) < 4.78 is 5.08. The number of aryl methyl sites for hydroxylation is 2. The molecule has 6 heteroatoms. The van der Waals surface area contributed by atoms with Crippen LogP contribution in [0.5, 0.6) is 0 Å². The molecule has 1 heterocycles. The van der Waals surface area contributed by atoms with Crippen molar-refractivity contribution in [3.8, 4) is 0 Å². The van der Waals surface area contributed by atoms with Gasteiger partial charge in [-0.25, -0.2) is 4.79 Å². The Morgan fingerprint density at radius 1 is 0.926 bits per heavy atom. The maximum absolute atomic E-state index is 12.2. The van der Waals surface area contributed by atoms with Gasteiger partial charge in [0.1, 0.15) is 0 Å². The van der Waals surface area contributed by atoms with Crippen LogP contribution in [0.25, 0.3) is 0 Å². The Balaban J connectivity index is 1.58. The van der Waals surface area contributed by atoms with Crippen molar-refractivity contribution in [3.63, 3.8) is 0 Å². The third-order valence-corrected chi connectivity index (χ3v) is 4.10. The predicted octanol–water partition coefficient (Wildman–Crippen LogP) is 4.47. The quantitative estimate of drug-likeness (QED) is 0.625. The molecule has 3 N–H and O–H groups in total. The molecule has 0 unspecified atom stereocenters. The van der Waals surface area contributed by atoms with E-state index in [4.69, 9.17) is 4.42 Å². The average Bonchev–Trinajstić information content (AvgIpc) is 3.18. The molecule has 0 bridgehead atoms. The molecule has 3 aromatic rings. The van der Waals surface area contributed by atoms with Gasteiger partial charge in [0.25, 0.3) is 5.91 Å². The zero-order valence-corrected chi connectivity index (χ0v) is 15.2. The number of carbonyl (C=O) groups excluding carboxylic acids is 2. The highest BCUT2D eigenvalue weighted by atomic mass is 16.3. The second kappa shape index (κ2) is 8.23. The van der Waals surface area contributed by atoms with Gasteiger partial charge in [-0.3, -0.25) is 4.79 Å². The summed E-state index contributed by atoms with van der Waals surface area (Å²) in [6.45, 7) is 4.24. The Hall–Kier alpha value is -3.54. The molecule has 0 saturated carbocycles. The molecule has 0 atom stereocenters. The number of furan rings is 1. The molecule has 3 amide bonds. The number of hydrogen-bond acceptors (Lipinski definition) is 3. The van der Waals surface area contributed by atoms with Crippen molar-refractivity contribution >= 4 is 23.3 Å². The molecule has 0 aliphatic heterocycles. The topological polar surface area (TPSA) is 83.4 Å². The van der Waals surface area contributed by atoms with Crippen LogP contribution in [0.15, 0.2) is 65.3 Å². The van der Waals surface area contributed by atoms with Crippen LogP contribution in [0.1, 0.15) is 27.2 Å². The van der Waals surface area contributed by atoms with Crippen molar-refractivity contribution in [2.45, 2.75) is 20.4 Å². The molecule has 0 aliphatic rings. The van der Waals surface area contributed by atoms with Gasteiger partial charge < -0.3 is 20.4 Å². The van der Waals surface area contributed by atoms with Crippen molar-refractivity contribution in [1.29, 1.82) is 0 Å². The summed E-state index contributed by atoms with van der Waals surface area (Å²) in [5.74, 6) is -0.0793. The van der Waals surface area contributed by atoms with E-state index in [9.17, 15) is 9.59 Å². The summed E-state index contributed by atoms with van der Waals surface area (Å²) >= 11 is 0. The predicted molar refractivity (Wildman–Crippen MR) is 105 cm³/mol. The number of anilines is 2. The molecule has 6 nitrogen and oxygen atoms in total. The fourth-order valence-electron chi connectivity index (χ4n) is 2.71. The van der Waals surface area contributed by atoms with E-state index in [0.29, 0.717) is 12.2 Å². The standard InChI is InChI=1S/C21H21N3O3/c1-14-6-3-7-15(2)19(14)24-21(26)22-13-16-8-4-9-17(12-16)23-20(25)18-10-5-11-27-18/h3-12H,13H2,1-2H3,(H,23,25)(H2,22,24,26). The molecule has 2 aromatic carbocycles. The van der Waals surface area contributed by atoms with Crippen molar-refractivity contribution in [2.75, 3.05) is 10.6 Å². The van der Waals surface area contributed by atoms with Gasteiger partial charge >= 0.3 is 6.03 Å². The summed E-state index contributed by atoms with van der Waals surface area (Å²) in [7, 11) is 0. The lowest BCUT2D eigenvalue weighted by Crippen LogP contribution is -2.28. The van der Waals surface area contributed by atoms with Crippen molar-refractivity contribution in [2.24, 2.45) is 0 Å². The maximum Gasteiger partial charge on any atom is 0.319 e. The van der Waals surface area contributed by atoms with Crippen LogP contribution in [-0.4, -0.2) is 11.9 Å². The van der Waals surface area contributed by atoms with E-state index in [1.165, 1.54) is 6.26 Å². The van der Waals surface area contributed by atoms with E-state index >= 15 is 0 Å². The van der Waals surface area contributed by atoms with Crippen LogP contribution in [0, 0.1) is 13.8 Å². The zero-order valence-electron chi connectivity index (χ0n) is 15.2. The minimum atomic E-state index is -0.321. The Kier molecular flexibility index (Phi) is 5.56. The summed E-state index contributed by atoms with van der Waals surface area (Å²) in [6, 6.07) is 16.1. The first kappa shape index (κ1) is 18.3. The second-order valence-corrected chi connectivity index (χ2v) is 6.21. The number of urea groups is 1. The highest BCUT2D eigenvalue weighted by Crippen LogP contribution is 2.19. The normalized spacial score (nSPS) is 10.3. The SMILES string of the molecule is Cc1cccc(C)c1NC(=O)NCc1cccc(NC(=O)c2ccco2)c1. The first-order valence-electron chi connectivity index (χ1n) is 8.58. The van der Waals surface area contributed by atoms with Crippen LogP contribution < -0.4 is 16.0 Å². The molecule has 0 radical (unpaired) electrons. The Bertz CT molecular complexity index is 929. The third kappa shape index (κ3) is 4.76. The van der Waals surface area contributed by atoms with Crippen molar-refractivity contribution in [1.82, 2.24) is 5.32 Å². The summed E-state index contributed by atoms with van der Waals surface area (Å²) in [5, 5.41) is 8.48. The first-order chi connectivity index (χ1) is 13.0. The van der Waals surface area contributed by atoms with E-state index in [0.717, 1.165) is 22.4 Å². The van der Waals surface area contributed by atoms with E-state index in [2.05, 4.69) is 16.0 Å². The number of amides is 3. The molecule has 138 valence electrons. The number of rotatable bonds is 5. The average molecular weight is 363 g/mol.